The van der Waals surface area contributed by atoms with Crippen molar-refractivity contribution in [1.82, 2.24) is 19.8 Å². The highest BCUT2D eigenvalue weighted by molar-refractivity contribution is 5.94. The molecule has 42 heavy (non-hydrogen) atoms. The fourth-order valence-corrected chi connectivity index (χ4v) is 6.70. The number of amides is 1. The molecule has 0 spiro atoms. The van der Waals surface area contributed by atoms with Gasteiger partial charge in [0.05, 0.1) is 30.8 Å². The molecule has 4 heterocycles. The molecule has 2 atom stereocenters. The van der Waals surface area contributed by atoms with Crippen LogP contribution in [0.5, 0.6) is 6.01 Å². The third-order valence-electron chi connectivity index (χ3n) is 9.00. The standard InChI is InChI=1S/C33H39N7O2/c1-3-31(41)40-20-19-39(21-25(40)15-16-34)32-28-13-8-18-38(30-14-6-10-24-9-4-5-12-27(24)30)22-29(28)35-33(36-32)42-23-26-11-7-17-37(26)2/h3-6,9-10,12,14,25-26H,1,7-8,11,13,15,17-23H2,2H3/t25?,26-/m1/s1. The summed E-state index contributed by atoms with van der Waals surface area (Å²) in [6.45, 7) is 8.55. The lowest BCUT2D eigenvalue weighted by atomic mass is 10.1. The number of rotatable bonds is 7. The number of benzene rings is 2. The smallest absolute Gasteiger partial charge is 0.318 e. The van der Waals surface area contributed by atoms with Crippen molar-refractivity contribution >= 4 is 28.2 Å². The summed E-state index contributed by atoms with van der Waals surface area (Å²) < 4.78 is 6.32. The molecule has 2 aromatic carbocycles. The van der Waals surface area contributed by atoms with E-state index in [0.717, 1.165) is 49.4 Å². The highest BCUT2D eigenvalue weighted by Crippen LogP contribution is 2.34. The second-order valence-electron chi connectivity index (χ2n) is 11.6. The average Bonchev–Trinajstić information content (AvgIpc) is 3.31. The van der Waals surface area contributed by atoms with E-state index in [2.05, 4.69) is 76.9 Å². The monoisotopic (exact) mass is 565 g/mol. The van der Waals surface area contributed by atoms with E-state index in [-0.39, 0.29) is 18.4 Å². The van der Waals surface area contributed by atoms with Crippen LogP contribution in [0.2, 0.25) is 0 Å². The molecule has 3 aliphatic rings. The van der Waals surface area contributed by atoms with Gasteiger partial charge >= 0.3 is 6.01 Å². The molecular formula is C33H39N7O2. The van der Waals surface area contributed by atoms with Crippen molar-refractivity contribution in [2.45, 2.75) is 50.7 Å². The summed E-state index contributed by atoms with van der Waals surface area (Å²) in [5.74, 6) is 0.745. The van der Waals surface area contributed by atoms with Gasteiger partial charge in [-0.3, -0.25) is 4.79 Å². The number of likely N-dealkylation sites (tertiary alicyclic amines) is 1. The predicted octanol–water partition coefficient (Wildman–Crippen LogP) is 4.17. The Morgan fingerprint density at radius 3 is 2.74 bits per heavy atom. The molecule has 9 nitrogen and oxygen atoms in total. The van der Waals surface area contributed by atoms with Crippen LogP contribution >= 0.6 is 0 Å². The molecule has 0 bridgehead atoms. The predicted molar refractivity (Wildman–Crippen MR) is 165 cm³/mol. The normalized spacial score (nSPS) is 21.1. The number of hydrogen-bond donors (Lipinski definition) is 0. The fourth-order valence-electron chi connectivity index (χ4n) is 6.70. The Kier molecular flexibility index (Phi) is 8.24. The van der Waals surface area contributed by atoms with Crippen LogP contribution in [0, 0.1) is 11.3 Å². The molecule has 1 aromatic heterocycles. The third-order valence-corrected chi connectivity index (χ3v) is 9.00. The first kappa shape index (κ1) is 28.0. The zero-order chi connectivity index (χ0) is 29.1. The summed E-state index contributed by atoms with van der Waals surface area (Å²) in [5, 5.41) is 12.0. The lowest BCUT2D eigenvalue weighted by Crippen LogP contribution is -2.55. The Morgan fingerprint density at radius 1 is 1.07 bits per heavy atom. The summed E-state index contributed by atoms with van der Waals surface area (Å²) in [7, 11) is 2.14. The van der Waals surface area contributed by atoms with Crippen LogP contribution in [0.25, 0.3) is 10.8 Å². The Balaban J connectivity index is 1.35. The second kappa shape index (κ2) is 12.4. The molecule has 218 valence electrons. The molecule has 1 unspecified atom stereocenters. The largest absolute Gasteiger partial charge is 0.462 e. The quantitative estimate of drug-likeness (QED) is 0.395. The maximum Gasteiger partial charge on any atom is 0.318 e. The van der Waals surface area contributed by atoms with Gasteiger partial charge in [0, 0.05) is 48.9 Å². The number of nitriles is 1. The van der Waals surface area contributed by atoms with Crippen molar-refractivity contribution in [2.24, 2.45) is 0 Å². The first-order chi connectivity index (χ1) is 20.6. The molecular weight excluding hydrogens is 526 g/mol. The number of carbonyl (C=O) groups excluding carboxylic acids is 1. The molecule has 0 aliphatic carbocycles. The Bertz CT molecular complexity index is 1500. The Hall–Kier alpha value is -4.16. The minimum atomic E-state index is -0.227. The first-order valence-electron chi connectivity index (χ1n) is 15.1. The van der Waals surface area contributed by atoms with E-state index in [1.807, 2.05) is 0 Å². The van der Waals surface area contributed by atoms with Gasteiger partial charge in [0.15, 0.2) is 0 Å². The van der Waals surface area contributed by atoms with E-state index in [1.54, 1.807) is 4.90 Å². The third kappa shape index (κ3) is 5.64. The van der Waals surface area contributed by atoms with Crippen LogP contribution < -0.4 is 14.5 Å². The lowest BCUT2D eigenvalue weighted by molar-refractivity contribution is -0.128. The number of piperazine rings is 1. The molecule has 6 rings (SSSR count). The highest BCUT2D eigenvalue weighted by Gasteiger charge is 2.33. The van der Waals surface area contributed by atoms with Crippen molar-refractivity contribution in [3.63, 3.8) is 0 Å². The minimum Gasteiger partial charge on any atom is -0.462 e. The lowest BCUT2D eigenvalue weighted by Gasteiger charge is -2.41. The van der Waals surface area contributed by atoms with Gasteiger partial charge in [0.2, 0.25) is 5.91 Å². The van der Waals surface area contributed by atoms with Gasteiger partial charge in [0.1, 0.15) is 12.4 Å². The van der Waals surface area contributed by atoms with Gasteiger partial charge in [-0.25, -0.2) is 0 Å². The number of carbonyl (C=O) groups is 1. The van der Waals surface area contributed by atoms with E-state index in [4.69, 9.17) is 14.7 Å². The molecule has 2 fully saturated rings. The summed E-state index contributed by atoms with van der Waals surface area (Å²) in [5.41, 5.74) is 3.34. The van der Waals surface area contributed by atoms with Crippen molar-refractivity contribution in [2.75, 3.05) is 56.2 Å². The summed E-state index contributed by atoms with van der Waals surface area (Å²) in [4.78, 5) is 31.4. The summed E-state index contributed by atoms with van der Waals surface area (Å²) >= 11 is 0. The zero-order valence-corrected chi connectivity index (χ0v) is 24.4. The number of ether oxygens (including phenoxy) is 1. The number of nitrogens with zero attached hydrogens (tertiary/aromatic N) is 7. The minimum absolute atomic E-state index is 0.133. The van der Waals surface area contributed by atoms with Gasteiger partial charge in [-0.05, 0) is 56.8 Å². The molecule has 9 heteroatoms. The van der Waals surface area contributed by atoms with Crippen LogP contribution in [-0.2, 0) is 17.8 Å². The molecule has 3 aliphatic heterocycles. The van der Waals surface area contributed by atoms with Gasteiger partial charge < -0.3 is 24.3 Å². The SMILES string of the molecule is C=CC(=O)N1CCN(c2nc(OC[C@H]3CCCN3C)nc3c2CCCN(c2cccc4ccccc24)C3)CC1CC#N. The van der Waals surface area contributed by atoms with E-state index >= 15 is 0 Å². The van der Waals surface area contributed by atoms with Gasteiger partial charge in [-0.2, -0.15) is 15.2 Å². The first-order valence-corrected chi connectivity index (χ1v) is 15.1. The molecule has 2 saturated heterocycles. The number of likely N-dealkylation sites (N-methyl/N-ethyl adjacent to an activating group) is 1. The number of anilines is 2. The van der Waals surface area contributed by atoms with Crippen molar-refractivity contribution in [3.05, 3.63) is 66.4 Å². The van der Waals surface area contributed by atoms with Gasteiger partial charge in [-0.15, -0.1) is 0 Å². The van der Waals surface area contributed by atoms with Gasteiger partial charge in [-0.1, -0.05) is 43.0 Å². The van der Waals surface area contributed by atoms with Crippen LogP contribution in [0.15, 0.2) is 55.1 Å². The van der Waals surface area contributed by atoms with Gasteiger partial charge in [0.25, 0.3) is 0 Å². The number of hydrogen-bond acceptors (Lipinski definition) is 8. The fraction of sp³-hybridized carbons (Fsp3) is 0.455. The maximum atomic E-state index is 12.6. The van der Waals surface area contributed by atoms with E-state index in [1.165, 1.54) is 29.0 Å². The Morgan fingerprint density at radius 2 is 1.93 bits per heavy atom. The molecule has 0 saturated carbocycles. The maximum absolute atomic E-state index is 12.6. The van der Waals surface area contributed by atoms with E-state index < -0.39 is 0 Å². The number of aromatic nitrogens is 2. The van der Waals surface area contributed by atoms with Crippen molar-refractivity contribution in [1.29, 1.82) is 5.26 Å². The Labute approximate surface area is 248 Å². The molecule has 3 aromatic rings. The zero-order valence-electron chi connectivity index (χ0n) is 24.4. The second-order valence-corrected chi connectivity index (χ2v) is 11.6. The molecule has 0 radical (unpaired) electrons. The van der Waals surface area contributed by atoms with Crippen LogP contribution in [0.3, 0.4) is 0 Å². The van der Waals surface area contributed by atoms with Crippen molar-refractivity contribution < 1.29 is 9.53 Å². The average molecular weight is 566 g/mol. The van der Waals surface area contributed by atoms with E-state index in [0.29, 0.717) is 44.8 Å². The van der Waals surface area contributed by atoms with Crippen LogP contribution in [0.1, 0.15) is 36.9 Å². The van der Waals surface area contributed by atoms with Crippen LogP contribution in [0.4, 0.5) is 11.5 Å². The highest BCUT2D eigenvalue weighted by atomic mass is 16.5. The summed E-state index contributed by atoms with van der Waals surface area (Å²) in [6, 6.07) is 17.8. The molecule has 1 amide bonds. The van der Waals surface area contributed by atoms with E-state index in [9.17, 15) is 10.1 Å². The molecule has 0 N–H and O–H groups in total. The number of fused-ring (bicyclic) bond motifs is 2. The van der Waals surface area contributed by atoms with Crippen molar-refractivity contribution in [3.8, 4) is 12.1 Å². The summed E-state index contributed by atoms with van der Waals surface area (Å²) in [6.07, 6.45) is 5.70. The topological polar surface area (TPSA) is 88.8 Å². The van der Waals surface area contributed by atoms with Crippen LogP contribution in [-0.4, -0.2) is 84.1 Å².